The first-order valence-electron chi connectivity index (χ1n) is 10.5. The van der Waals surface area contributed by atoms with Gasteiger partial charge in [-0.3, -0.25) is 9.69 Å². The Morgan fingerprint density at radius 3 is 2.41 bits per heavy atom. The van der Waals surface area contributed by atoms with E-state index in [0.717, 1.165) is 19.3 Å². The van der Waals surface area contributed by atoms with Crippen LogP contribution in [0.1, 0.15) is 28.8 Å². The van der Waals surface area contributed by atoms with Gasteiger partial charge in [0.05, 0.1) is 0 Å². The van der Waals surface area contributed by atoms with Crippen molar-refractivity contribution in [3.05, 3.63) is 82.2 Å². The van der Waals surface area contributed by atoms with E-state index in [-0.39, 0.29) is 5.56 Å². The number of hydrogen-bond donors (Lipinski definition) is 1. The molecule has 1 saturated heterocycles. The molecule has 3 aromatic rings. The van der Waals surface area contributed by atoms with Gasteiger partial charge in [0.25, 0.3) is 5.91 Å². The Bertz CT molecular complexity index is 1140. The molecule has 32 heavy (non-hydrogen) atoms. The lowest BCUT2D eigenvalue weighted by atomic mass is 9.90. The van der Waals surface area contributed by atoms with Gasteiger partial charge in [0.2, 0.25) is 3.79 Å². The number of likely N-dealkylation sites (tertiary alicyclic amines) is 1. The Kier molecular flexibility index (Phi) is 7.11. The van der Waals surface area contributed by atoms with Crippen LogP contribution in [0.25, 0.3) is 11.0 Å². The molecule has 5 nitrogen and oxygen atoms in total. The lowest BCUT2D eigenvalue weighted by Crippen LogP contribution is -2.57. The number of nitrogens with zero attached hydrogens (tertiary/aromatic N) is 1. The summed E-state index contributed by atoms with van der Waals surface area (Å²) < 4.78 is 3.50. The summed E-state index contributed by atoms with van der Waals surface area (Å²) >= 11 is 18.7. The van der Waals surface area contributed by atoms with Crippen molar-refractivity contribution < 1.29 is 9.21 Å². The summed E-state index contributed by atoms with van der Waals surface area (Å²) in [6, 6.07) is 18.8. The third-order valence-corrected chi connectivity index (χ3v) is 6.47. The molecule has 1 unspecified atom stereocenters. The second-order valence-corrected chi connectivity index (χ2v) is 10.4. The molecular weight excluding hydrogens is 471 g/mol. The number of nitrogens with one attached hydrogen (secondary N) is 1. The average Bonchev–Trinajstić information content (AvgIpc) is 2.77. The SMILES string of the molecule is O=C(NC(N1CCC(Cc2ccccc2)CC1)C(Cl)(Cl)Cl)c1cc2ccccc2oc1=O. The molecule has 0 aliphatic carbocycles. The lowest BCUT2D eigenvalue weighted by Gasteiger charge is -2.40. The average molecular weight is 494 g/mol. The number of halogens is 3. The summed E-state index contributed by atoms with van der Waals surface area (Å²) in [6.07, 6.45) is 1.96. The van der Waals surface area contributed by atoms with Crippen LogP contribution in [0, 0.1) is 5.92 Å². The van der Waals surface area contributed by atoms with Crippen molar-refractivity contribution in [1.82, 2.24) is 10.2 Å². The van der Waals surface area contributed by atoms with E-state index in [0.29, 0.717) is 30.0 Å². The smallest absolute Gasteiger partial charge is 0.349 e. The highest BCUT2D eigenvalue weighted by molar-refractivity contribution is 6.68. The van der Waals surface area contributed by atoms with E-state index in [1.54, 1.807) is 24.3 Å². The molecule has 8 heteroatoms. The van der Waals surface area contributed by atoms with Crippen molar-refractivity contribution in [3.8, 4) is 0 Å². The number of carbonyl (C=O) groups is 1. The predicted molar refractivity (Wildman–Crippen MR) is 128 cm³/mol. The largest absolute Gasteiger partial charge is 0.422 e. The molecule has 1 amide bonds. The van der Waals surface area contributed by atoms with Gasteiger partial charge >= 0.3 is 5.63 Å². The van der Waals surface area contributed by atoms with Gasteiger partial charge in [-0.1, -0.05) is 83.3 Å². The third-order valence-electron chi connectivity index (χ3n) is 5.85. The number of piperidine rings is 1. The van der Waals surface area contributed by atoms with E-state index in [9.17, 15) is 9.59 Å². The highest BCUT2D eigenvalue weighted by Gasteiger charge is 2.40. The quantitative estimate of drug-likeness (QED) is 0.393. The number of para-hydroxylation sites is 1. The molecule has 0 bridgehead atoms. The Morgan fingerprint density at radius 2 is 1.72 bits per heavy atom. The second-order valence-electron chi connectivity index (χ2n) is 8.07. The molecule has 1 N–H and O–H groups in total. The summed E-state index contributed by atoms with van der Waals surface area (Å²) in [5.41, 5.74) is 0.862. The van der Waals surface area contributed by atoms with Gasteiger partial charge in [0.15, 0.2) is 0 Å². The summed E-state index contributed by atoms with van der Waals surface area (Å²) in [7, 11) is 0. The maximum absolute atomic E-state index is 12.9. The van der Waals surface area contributed by atoms with Crippen LogP contribution >= 0.6 is 34.8 Å². The van der Waals surface area contributed by atoms with E-state index in [1.807, 2.05) is 23.1 Å². The molecule has 0 spiro atoms. The van der Waals surface area contributed by atoms with E-state index in [2.05, 4.69) is 17.4 Å². The van der Waals surface area contributed by atoms with Crippen LogP contribution in [-0.2, 0) is 6.42 Å². The summed E-state index contributed by atoms with van der Waals surface area (Å²) in [6.45, 7) is 1.34. The highest BCUT2D eigenvalue weighted by atomic mass is 35.6. The monoisotopic (exact) mass is 492 g/mol. The summed E-state index contributed by atoms with van der Waals surface area (Å²) in [4.78, 5) is 27.3. The number of benzene rings is 2. The molecule has 4 rings (SSSR count). The molecular formula is C24H23Cl3N2O3. The van der Waals surface area contributed by atoms with Gasteiger partial charge in [-0.05, 0) is 42.9 Å². The van der Waals surface area contributed by atoms with E-state index >= 15 is 0 Å². The van der Waals surface area contributed by atoms with Crippen LogP contribution in [0.2, 0.25) is 0 Å². The van der Waals surface area contributed by atoms with Gasteiger partial charge in [0, 0.05) is 18.5 Å². The molecule has 1 fully saturated rings. The standard InChI is InChI=1S/C24H23Cl3N2O3/c25-24(26,27)23(29-12-10-17(11-13-29)14-16-6-2-1-3-7-16)28-21(30)19-15-18-8-4-5-9-20(18)32-22(19)31/h1-9,15,17,23H,10-14H2,(H,28,30). The zero-order valence-electron chi connectivity index (χ0n) is 17.3. The Morgan fingerprint density at radius 1 is 1.06 bits per heavy atom. The normalized spacial score (nSPS) is 16.7. The van der Waals surface area contributed by atoms with Gasteiger partial charge in [-0.2, -0.15) is 0 Å². The number of amides is 1. The van der Waals surface area contributed by atoms with Crippen molar-refractivity contribution in [2.75, 3.05) is 13.1 Å². The number of hydrogen-bond acceptors (Lipinski definition) is 4. The van der Waals surface area contributed by atoms with E-state index in [1.165, 1.54) is 11.6 Å². The molecule has 1 atom stereocenters. The van der Waals surface area contributed by atoms with Crippen molar-refractivity contribution >= 4 is 51.7 Å². The minimum Gasteiger partial charge on any atom is -0.422 e. The summed E-state index contributed by atoms with van der Waals surface area (Å²) in [5.74, 6) is -0.111. The number of alkyl halides is 3. The Labute approximate surface area is 201 Å². The van der Waals surface area contributed by atoms with Crippen LogP contribution in [0.3, 0.4) is 0 Å². The van der Waals surface area contributed by atoms with Gasteiger partial charge < -0.3 is 9.73 Å². The van der Waals surface area contributed by atoms with Gasteiger partial charge in [-0.25, -0.2) is 4.79 Å². The molecule has 1 aliphatic heterocycles. The molecule has 0 radical (unpaired) electrons. The molecule has 168 valence electrons. The minimum absolute atomic E-state index is 0.123. The number of carbonyl (C=O) groups excluding carboxylic acids is 1. The maximum atomic E-state index is 12.9. The zero-order valence-corrected chi connectivity index (χ0v) is 19.5. The fraction of sp³-hybridized carbons (Fsp3) is 0.333. The fourth-order valence-corrected chi connectivity index (χ4v) is 4.74. The minimum atomic E-state index is -1.76. The van der Waals surface area contributed by atoms with Crippen LogP contribution in [0.15, 0.2) is 69.9 Å². The first-order chi connectivity index (χ1) is 15.3. The molecule has 2 heterocycles. The second kappa shape index (κ2) is 9.84. The van der Waals surface area contributed by atoms with Crippen molar-refractivity contribution in [2.24, 2.45) is 5.92 Å². The first-order valence-corrected chi connectivity index (χ1v) is 11.6. The first kappa shape index (κ1) is 23.1. The van der Waals surface area contributed by atoms with Crippen LogP contribution < -0.4 is 10.9 Å². The molecule has 2 aromatic carbocycles. The maximum Gasteiger partial charge on any atom is 0.349 e. The van der Waals surface area contributed by atoms with Crippen molar-refractivity contribution in [1.29, 1.82) is 0 Å². The highest BCUT2D eigenvalue weighted by Crippen LogP contribution is 2.34. The lowest BCUT2D eigenvalue weighted by molar-refractivity contribution is 0.0772. The van der Waals surface area contributed by atoms with Crippen molar-refractivity contribution in [2.45, 2.75) is 29.2 Å². The Hall–Kier alpha value is -2.05. The van der Waals surface area contributed by atoms with Crippen LogP contribution in [0.4, 0.5) is 0 Å². The fourth-order valence-electron chi connectivity index (χ4n) is 4.16. The van der Waals surface area contributed by atoms with Crippen molar-refractivity contribution in [3.63, 3.8) is 0 Å². The third kappa shape index (κ3) is 5.46. The number of rotatable bonds is 5. The van der Waals surface area contributed by atoms with Gasteiger partial charge in [-0.15, -0.1) is 0 Å². The van der Waals surface area contributed by atoms with E-state index in [4.69, 9.17) is 39.2 Å². The topological polar surface area (TPSA) is 62.6 Å². The van der Waals surface area contributed by atoms with E-state index < -0.39 is 21.5 Å². The molecule has 0 saturated carbocycles. The predicted octanol–water partition coefficient (Wildman–Crippen LogP) is 5.17. The summed E-state index contributed by atoms with van der Waals surface area (Å²) in [5, 5.41) is 3.39. The van der Waals surface area contributed by atoms with Crippen LogP contribution in [0.5, 0.6) is 0 Å². The number of fused-ring (bicyclic) bond motifs is 1. The zero-order chi connectivity index (χ0) is 22.7. The molecule has 1 aromatic heterocycles. The van der Waals surface area contributed by atoms with Crippen LogP contribution in [-0.4, -0.2) is 33.9 Å². The van der Waals surface area contributed by atoms with Gasteiger partial charge in [0.1, 0.15) is 17.3 Å². The Balaban J connectivity index is 1.46. The molecule has 1 aliphatic rings.